The molecule has 1 heterocycles. The van der Waals surface area contributed by atoms with Gasteiger partial charge in [0.2, 0.25) is 0 Å². The van der Waals surface area contributed by atoms with E-state index in [-0.39, 0.29) is 10.6 Å². The summed E-state index contributed by atoms with van der Waals surface area (Å²) in [6.07, 6.45) is 1.52. The Morgan fingerprint density at radius 2 is 2.04 bits per heavy atom. The van der Waals surface area contributed by atoms with E-state index in [9.17, 15) is 9.90 Å². The second kappa shape index (κ2) is 5.59. The van der Waals surface area contributed by atoms with E-state index in [0.717, 1.165) is 0 Å². The fourth-order valence-electron chi connectivity index (χ4n) is 2.51. The first-order chi connectivity index (χ1) is 11.0. The van der Waals surface area contributed by atoms with Crippen molar-refractivity contribution in [1.82, 2.24) is 4.98 Å². The molecule has 112 valence electrons. The Labute approximate surface area is 136 Å². The minimum absolute atomic E-state index is 0.0930. The highest BCUT2D eigenvalue weighted by Gasteiger charge is 2.18. The summed E-state index contributed by atoms with van der Waals surface area (Å²) in [5.41, 5.74) is 8.31. The molecule has 0 aliphatic rings. The van der Waals surface area contributed by atoms with Crippen LogP contribution in [0.25, 0.3) is 22.0 Å². The number of nitrogens with zero attached hydrogens (tertiary/aromatic N) is 2. The number of nitrogens with two attached hydrogens (primary N) is 1. The molecule has 0 aliphatic heterocycles. The number of hydrogen-bond acceptors (Lipinski definition) is 4. The van der Waals surface area contributed by atoms with Crippen molar-refractivity contribution in [1.29, 1.82) is 5.26 Å². The van der Waals surface area contributed by atoms with Crippen LogP contribution in [-0.4, -0.2) is 16.1 Å². The zero-order valence-corrected chi connectivity index (χ0v) is 12.5. The summed E-state index contributed by atoms with van der Waals surface area (Å²) < 4.78 is 0. The van der Waals surface area contributed by atoms with E-state index < -0.39 is 5.97 Å². The summed E-state index contributed by atoms with van der Waals surface area (Å²) in [4.78, 5) is 15.5. The van der Waals surface area contributed by atoms with Crippen molar-refractivity contribution in [2.75, 3.05) is 5.73 Å². The normalized spacial score (nSPS) is 10.4. The first kappa shape index (κ1) is 14.8. The number of carboxylic acid groups (broad SMARTS) is 1. The second-order valence-electron chi connectivity index (χ2n) is 4.87. The smallest absolute Gasteiger partial charge is 0.337 e. The number of benzene rings is 2. The minimum atomic E-state index is -1.06. The molecule has 0 fully saturated rings. The molecule has 6 heteroatoms. The van der Waals surface area contributed by atoms with E-state index in [4.69, 9.17) is 22.6 Å². The third-order valence-corrected chi connectivity index (χ3v) is 3.96. The van der Waals surface area contributed by atoms with Gasteiger partial charge >= 0.3 is 5.97 Å². The van der Waals surface area contributed by atoms with Gasteiger partial charge < -0.3 is 10.8 Å². The van der Waals surface area contributed by atoms with Gasteiger partial charge in [-0.3, -0.25) is 4.98 Å². The molecule has 3 N–H and O–H groups in total. The standard InChI is InChI=1S/C17H10ClN3O2/c18-15-9(8-19)3-6-13(20)14(15)10-4-5-12(17(22)23)16-11(10)2-1-7-21-16/h1-7H,20H2,(H,22,23). The van der Waals surface area contributed by atoms with Crippen molar-refractivity contribution in [3.63, 3.8) is 0 Å². The largest absolute Gasteiger partial charge is 0.478 e. The summed E-state index contributed by atoms with van der Waals surface area (Å²) in [5, 5.41) is 19.3. The highest BCUT2D eigenvalue weighted by atomic mass is 35.5. The van der Waals surface area contributed by atoms with Crippen molar-refractivity contribution in [3.8, 4) is 17.2 Å². The van der Waals surface area contributed by atoms with Crippen LogP contribution in [0.4, 0.5) is 5.69 Å². The molecule has 3 rings (SSSR count). The van der Waals surface area contributed by atoms with Crippen LogP contribution in [0.15, 0.2) is 42.6 Å². The average molecular weight is 324 g/mol. The Morgan fingerprint density at radius 3 is 2.74 bits per heavy atom. The van der Waals surface area contributed by atoms with Crippen molar-refractivity contribution in [2.45, 2.75) is 0 Å². The molecule has 23 heavy (non-hydrogen) atoms. The zero-order valence-electron chi connectivity index (χ0n) is 11.7. The lowest BCUT2D eigenvalue weighted by atomic mass is 9.95. The summed E-state index contributed by atoms with van der Waals surface area (Å²) >= 11 is 6.31. The number of nitriles is 1. The number of aromatic carboxylic acids is 1. The van der Waals surface area contributed by atoms with Crippen LogP contribution >= 0.6 is 11.6 Å². The van der Waals surface area contributed by atoms with Crippen LogP contribution in [0, 0.1) is 11.3 Å². The number of carboxylic acids is 1. The number of carbonyl (C=O) groups is 1. The number of aromatic nitrogens is 1. The Bertz CT molecular complexity index is 993. The van der Waals surface area contributed by atoms with Crippen LogP contribution in [0.1, 0.15) is 15.9 Å². The number of rotatable bonds is 2. The summed E-state index contributed by atoms with van der Waals surface area (Å²) in [6.45, 7) is 0. The molecule has 2 aromatic carbocycles. The quantitative estimate of drug-likeness (QED) is 0.700. The number of halogens is 1. The number of hydrogen-bond donors (Lipinski definition) is 2. The molecule has 0 spiro atoms. The van der Waals surface area contributed by atoms with Gasteiger partial charge in [-0.1, -0.05) is 23.7 Å². The van der Waals surface area contributed by atoms with Crippen molar-refractivity contribution in [2.24, 2.45) is 0 Å². The third kappa shape index (κ3) is 2.35. The van der Waals surface area contributed by atoms with Crippen LogP contribution in [0.5, 0.6) is 0 Å². The van der Waals surface area contributed by atoms with E-state index in [2.05, 4.69) is 4.98 Å². The number of anilines is 1. The van der Waals surface area contributed by atoms with E-state index >= 15 is 0 Å². The molecule has 3 aromatic rings. The van der Waals surface area contributed by atoms with Gasteiger partial charge in [0.25, 0.3) is 0 Å². The van der Waals surface area contributed by atoms with Gasteiger partial charge in [-0.05, 0) is 29.8 Å². The van der Waals surface area contributed by atoms with Crippen LogP contribution < -0.4 is 5.73 Å². The Kier molecular flexibility index (Phi) is 3.61. The average Bonchev–Trinajstić information content (AvgIpc) is 2.55. The predicted octanol–water partition coefficient (Wildman–Crippen LogP) is 3.71. The Morgan fingerprint density at radius 1 is 1.26 bits per heavy atom. The molecule has 0 bridgehead atoms. The lowest BCUT2D eigenvalue weighted by molar-refractivity contribution is 0.0699. The maximum Gasteiger partial charge on any atom is 0.337 e. The minimum Gasteiger partial charge on any atom is -0.478 e. The fraction of sp³-hybridized carbons (Fsp3) is 0. The molecular formula is C17H10ClN3O2. The fourth-order valence-corrected chi connectivity index (χ4v) is 2.83. The highest BCUT2D eigenvalue weighted by Crippen LogP contribution is 2.39. The molecule has 5 nitrogen and oxygen atoms in total. The van der Waals surface area contributed by atoms with Crippen LogP contribution in [0.3, 0.4) is 0 Å². The highest BCUT2D eigenvalue weighted by molar-refractivity contribution is 6.35. The van der Waals surface area contributed by atoms with E-state index in [1.165, 1.54) is 12.3 Å². The van der Waals surface area contributed by atoms with Gasteiger partial charge in [0.15, 0.2) is 0 Å². The number of fused-ring (bicyclic) bond motifs is 1. The summed E-state index contributed by atoms with van der Waals surface area (Å²) in [6, 6.07) is 11.7. The molecule has 0 saturated heterocycles. The zero-order chi connectivity index (χ0) is 16.6. The molecule has 0 amide bonds. The lowest BCUT2D eigenvalue weighted by Crippen LogP contribution is -2.01. The second-order valence-corrected chi connectivity index (χ2v) is 5.25. The van der Waals surface area contributed by atoms with Gasteiger partial charge in [0.1, 0.15) is 6.07 Å². The molecule has 0 atom stereocenters. The molecule has 1 aromatic heterocycles. The molecule has 0 saturated carbocycles. The van der Waals surface area contributed by atoms with Crippen LogP contribution in [0.2, 0.25) is 5.02 Å². The first-order valence-corrected chi connectivity index (χ1v) is 7.02. The van der Waals surface area contributed by atoms with Crippen molar-refractivity contribution in [3.05, 3.63) is 58.7 Å². The topological polar surface area (TPSA) is 100 Å². The van der Waals surface area contributed by atoms with Gasteiger partial charge in [0.05, 0.1) is 21.7 Å². The summed E-state index contributed by atoms with van der Waals surface area (Å²) in [7, 11) is 0. The molecule has 0 unspecified atom stereocenters. The van der Waals surface area contributed by atoms with Crippen LogP contribution in [-0.2, 0) is 0 Å². The first-order valence-electron chi connectivity index (χ1n) is 6.64. The SMILES string of the molecule is N#Cc1ccc(N)c(-c2ccc(C(=O)O)c3ncccc23)c1Cl. The number of nitrogen functional groups attached to an aromatic ring is 1. The third-order valence-electron chi connectivity index (χ3n) is 3.56. The van der Waals surface area contributed by atoms with Crippen molar-refractivity contribution < 1.29 is 9.90 Å². The molecule has 0 aliphatic carbocycles. The van der Waals surface area contributed by atoms with Gasteiger partial charge in [-0.25, -0.2) is 4.79 Å². The van der Waals surface area contributed by atoms with Gasteiger partial charge in [-0.2, -0.15) is 5.26 Å². The maximum absolute atomic E-state index is 11.4. The summed E-state index contributed by atoms with van der Waals surface area (Å²) in [5.74, 6) is -1.06. The predicted molar refractivity (Wildman–Crippen MR) is 88.3 cm³/mol. The Balaban J connectivity index is 2.42. The maximum atomic E-state index is 11.4. The Hall–Kier alpha value is -3.10. The molecular weight excluding hydrogens is 314 g/mol. The van der Waals surface area contributed by atoms with Gasteiger partial charge in [-0.15, -0.1) is 0 Å². The van der Waals surface area contributed by atoms with E-state index in [0.29, 0.717) is 33.3 Å². The van der Waals surface area contributed by atoms with Crippen molar-refractivity contribution >= 4 is 34.2 Å². The van der Waals surface area contributed by atoms with E-state index in [1.807, 2.05) is 6.07 Å². The monoisotopic (exact) mass is 323 g/mol. The lowest BCUT2D eigenvalue weighted by Gasteiger charge is -2.13. The van der Waals surface area contributed by atoms with Gasteiger partial charge in [0, 0.05) is 22.8 Å². The van der Waals surface area contributed by atoms with E-state index in [1.54, 1.807) is 30.3 Å². The number of pyridine rings is 1. The molecule has 0 radical (unpaired) electrons.